The summed E-state index contributed by atoms with van der Waals surface area (Å²) >= 11 is 0. The highest BCUT2D eigenvalue weighted by Crippen LogP contribution is 2.39. The molecule has 0 aliphatic carbocycles. The SMILES string of the molecule is O=C(Cn1cc([N+](=O)[O-])ccc1=O)N1c2ccccc2OC[C@H]1c1ccccc1. The largest absolute Gasteiger partial charge is 0.489 e. The number of hydrogen-bond donors (Lipinski definition) is 0. The average molecular weight is 391 g/mol. The smallest absolute Gasteiger partial charge is 0.285 e. The molecule has 0 unspecified atom stereocenters. The fraction of sp³-hybridized carbons (Fsp3) is 0.143. The van der Waals surface area contributed by atoms with Crippen LogP contribution >= 0.6 is 0 Å². The number of ether oxygens (including phenoxy) is 1. The second kappa shape index (κ2) is 7.59. The third kappa shape index (κ3) is 3.60. The van der Waals surface area contributed by atoms with E-state index in [2.05, 4.69) is 0 Å². The highest BCUT2D eigenvalue weighted by Gasteiger charge is 2.33. The monoisotopic (exact) mass is 391 g/mol. The lowest BCUT2D eigenvalue weighted by Crippen LogP contribution is -2.43. The number of pyridine rings is 1. The lowest BCUT2D eigenvalue weighted by atomic mass is 10.0. The molecule has 8 nitrogen and oxygen atoms in total. The summed E-state index contributed by atoms with van der Waals surface area (Å²) in [6, 6.07) is 18.5. The maximum Gasteiger partial charge on any atom is 0.285 e. The minimum absolute atomic E-state index is 0.251. The minimum Gasteiger partial charge on any atom is -0.489 e. The Hall–Kier alpha value is -3.94. The van der Waals surface area contributed by atoms with Crippen molar-refractivity contribution in [3.8, 4) is 5.75 Å². The number of amides is 1. The molecule has 2 aromatic carbocycles. The van der Waals surface area contributed by atoms with Gasteiger partial charge in [0.2, 0.25) is 5.91 Å². The number of benzene rings is 2. The van der Waals surface area contributed by atoms with Gasteiger partial charge in [-0.1, -0.05) is 42.5 Å². The Labute approximate surface area is 165 Å². The van der Waals surface area contributed by atoms with Gasteiger partial charge in [0.25, 0.3) is 11.2 Å². The van der Waals surface area contributed by atoms with Crippen molar-refractivity contribution in [3.63, 3.8) is 0 Å². The quantitative estimate of drug-likeness (QED) is 0.503. The van der Waals surface area contributed by atoms with Gasteiger partial charge in [0.1, 0.15) is 18.9 Å². The van der Waals surface area contributed by atoms with E-state index in [-0.39, 0.29) is 30.8 Å². The fourth-order valence-corrected chi connectivity index (χ4v) is 3.39. The number of nitrogens with zero attached hydrogens (tertiary/aromatic N) is 3. The third-order valence-corrected chi connectivity index (χ3v) is 4.77. The van der Waals surface area contributed by atoms with Gasteiger partial charge in [-0.05, 0) is 17.7 Å². The number of para-hydroxylation sites is 2. The summed E-state index contributed by atoms with van der Waals surface area (Å²) in [6.45, 7) is -0.0607. The molecule has 29 heavy (non-hydrogen) atoms. The van der Waals surface area contributed by atoms with Crippen LogP contribution in [0.2, 0.25) is 0 Å². The molecule has 0 N–H and O–H groups in total. The molecule has 0 saturated carbocycles. The molecule has 0 radical (unpaired) electrons. The topological polar surface area (TPSA) is 94.7 Å². The molecule has 1 aliphatic rings. The van der Waals surface area contributed by atoms with Crippen molar-refractivity contribution in [2.45, 2.75) is 12.6 Å². The van der Waals surface area contributed by atoms with Gasteiger partial charge in [-0.2, -0.15) is 0 Å². The van der Waals surface area contributed by atoms with Gasteiger partial charge < -0.3 is 4.74 Å². The van der Waals surface area contributed by atoms with Crippen LogP contribution in [-0.2, 0) is 11.3 Å². The van der Waals surface area contributed by atoms with Crippen molar-refractivity contribution in [3.05, 3.63) is 99.0 Å². The molecular formula is C21H17N3O5. The van der Waals surface area contributed by atoms with Gasteiger partial charge in [-0.15, -0.1) is 0 Å². The van der Waals surface area contributed by atoms with Gasteiger partial charge in [0, 0.05) is 12.1 Å². The number of rotatable bonds is 4. The zero-order valence-corrected chi connectivity index (χ0v) is 15.3. The van der Waals surface area contributed by atoms with Crippen LogP contribution in [0.4, 0.5) is 11.4 Å². The summed E-state index contributed by atoms with van der Waals surface area (Å²) in [5.41, 5.74) is 0.749. The molecule has 8 heteroatoms. The first-order valence-electron chi connectivity index (χ1n) is 8.98. The Balaban J connectivity index is 1.73. The molecule has 2 heterocycles. The maximum atomic E-state index is 13.3. The molecule has 1 amide bonds. The van der Waals surface area contributed by atoms with Crippen molar-refractivity contribution in [2.24, 2.45) is 0 Å². The molecule has 4 rings (SSSR count). The van der Waals surface area contributed by atoms with Gasteiger partial charge >= 0.3 is 0 Å². The zero-order chi connectivity index (χ0) is 20.4. The Bertz CT molecular complexity index is 1130. The predicted octanol–water partition coefficient (Wildman–Crippen LogP) is 2.92. The van der Waals surface area contributed by atoms with E-state index in [1.807, 2.05) is 36.4 Å². The van der Waals surface area contributed by atoms with Crippen LogP contribution in [0, 0.1) is 10.1 Å². The minimum atomic E-state index is -0.600. The van der Waals surface area contributed by atoms with E-state index >= 15 is 0 Å². The van der Waals surface area contributed by atoms with Crippen molar-refractivity contribution >= 4 is 17.3 Å². The number of carbonyl (C=O) groups is 1. The number of aromatic nitrogens is 1. The van der Waals surface area contributed by atoms with Crippen molar-refractivity contribution in [2.75, 3.05) is 11.5 Å². The molecule has 1 aliphatic heterocycles. The van der Waals surface area contributed by atoms with Crippen molar-refractivity contribution in [1.82, 2.24) is 4.57 Å². The van der Waals surface area contributed by atoms with E-state index < -0.39 is 10.5 Å². The number of carbonyl (C=O) groups excluding carboxylic acids is 1. The third-order valence-electron chi connectivity index (χ3n) is 4.77. The first-order chi connectivity index (χ1) is 14.0. The molecule has 0 spiro atoms. The van der Waals surface area contributed by atoms with E-state index in [9.17, 15) is 19.7 Å². The highest BCUT2D eigenvalue weighted by molar-refractivity contribution is 5.96. The van der Waals surface area contributed by atoms with Gasteiger partial charge in [-0.3, -0.25) is 29.2 Å². The molecule has 3 aromatic rings. The van der Waals surface area contributed by atoms with Crippen LogP contribution in [0.15, 0.2) is 77.7 Å². The summed E-state index contributed by atoms with van der Waals surface area (Å²) in [7, 11) is 0. The number of fused-ring (bicyclic) bond motifs is 1. The molecular weight excluding hydrogens is 374 g/mol. The Morgan fingerprint density at radius 1 is 1.07 bits per heavy atom. The second-order valence-corrected chi connectivity index (χ2v) is 6.58. The van der Waals surface area contributed by atoms with Crippen LogP contribution in [-0.4, -0.2) is 22.0 Å². The molecule has 1 atom stereocenters. The highest BCUT2D eigenvalue weighted by atomic mass is 16.6. The zero-order valence-electron chi connectivity index (χ0n) is 15.3. The van der Waals surface area contributed by atoms with Gasteiger partial charge in [-0.25, -0.2) is 0 Å². The first-order valence-corrected chi connectivity index (χ1v) is 8.98. The van der Waals surface area contributed by atoms with Crippen LogP contribution in [0.3, 0.4) is 0 Å². The predicted molar refractivity (Wildman–Crippen MR) is 106 cm³/mol. The number of anilines is 1. The van der Waals surface area contributed by atoms with Crippen molar-refractivity contribution in [1.29, 1.82) is 0 Å². The summed E-state index contributed by atoms with van der Waals surface area (Å²) in [5, 5.41) is 11.0. The van der Waals surface area contributed by atoms with Crippen LogP contribution in [0.25, 0.3) is 0 Å². The summed E-state index contributed by atoms with van der Waals surface area (Å²) in [6.07, 6.45) is 1.09. The molecule has 1 aromatic heterocycles. The second-order valence-electron chi connectivity index (χ2n) is 6.58. The fourth-order valence-electron chi connectivity index (χ4n) is 3.39. The average Bonchev–Trinajstić information content (AvgIpc) is 2.74. The van der Waals surface area contributed by atoms with E-state index in [1.54, 1.807) is 23.1 Å². The van der Waals surface area contributed by atoms with Crippen LogP contribution in [0.5, 0.6) is 5.75 Å². The van der Waals surface area contributed by atoms with Crippen molar-refractivity contribution < 1.29 is 14.5 Å². The summed E-state index contributed by atoms with van der Waals surface area (Å²) in [4.78, 5) is 37.5. The number of hydrogen-bond acceptors (Lipinski definition) is 5. The van der Waals surface area contributed by atoms with E-state index in [1.165, 1.54) is 0 Å². The van der Waals surface area contributed by atoms with E-state index in [0.717, 1.165) is 28.5 Å². The normalized spacial score (nSPS) is 15.3. The molecule has 0 bridgehead atoms. The number of nitro groups is 1. The van der Waals surface area contributed by atoms with Gasteiger partial charge in [0.05, 0.1) is 22.8 Å². The Morgan fingerprint density at radius 2 is 1.79 bits per heavy atom. The van der Waals surface area contributed by atoms with Gasteiger partial charge in [0.15, 0.2) is 0 Å². The molecule has 146 valence electrons. The van der Waals surface area contributed by atoms with E-state index in [4.69, 9.17) is 4.74 Å². The maximum absolute atomic E-state index is 13.3. The lowest BCUT2D eigenvalue weighted by Gasteiger charge is -2.37. The van der Waals surface area contributed by atoms with Crippen LogP contribution in [0.1, 0.15) is 11.6 Å². The molecule has 0 fully saturated rings. The molecule has 0 saturated heterocycles. The Morgan fingerprint density at radius 3 is 2.55 bits per heavy atom. The Kier molecular flexibility index (Phi) is 4.82. The van der Waals surface area contributed by atoms with E-state index in [0.29, 0.717) is 11.4 Å². The lowest BCUT2D eigenvalue weighted by molar-refractivity contribution is -0.385. The first kappa shape index (κ1) is 18.4. The van der Waals surface area contributed by atoms with Crippen LogP contribution < -0.4 is 15.2 Å². The standard InChI is InChI=1S/C21H17N3O5/c25-20-11-10-16(24(27)28)12-22(20)13-21(26)23-17-8-4-5-9-19(17)29-14-18(23)15-6-2-1-3-7-15/h1-12,18H,13-14H2/t18-/m0/s1. The summed E-state index contributed by atoms with van der Waals surface area (Å²) < 4.78 is 6.90. The summed E-state index contributed by atoms with van der Waals surface area (Å²) in [5.74, 6) is 0.205.